The Kier molecular flexibility index (Phi) is 7.52. The molecular formula is C17H25ClN2O3. The number of hydrogen-bond donors (Lipinski definition) is 2. The van der Waals surface area contributed by atoms with Gasteiger partial charge in [-0.25, -0.2) is 0 Å². The molecule has 6 heteroatoms. The maximum atomic E-state index is 12.3. The lowest BCUT2D eigenvalue weighted by atomic mass is 10.0. The van der Waals surface area contributed by atoms with Gasteiger partial charge in [0, 0.05) is 5.69 Å². The van der Waals surface area contributed by atoms with Crippen molar-refractivity contribution in [3.8, 4) is 0 Å². The second-order valence-electron chi connectivity index (χ2n) is 6.11. The number of nitrogens with one attached hydrogen (secondary N) is 1. The summed E-state index contributed by atoms with van der Waals surface area (Å²) in [4.78, 5) is 25.3. The van der Waals surface area contributed by atoms with Crippen molar-refractivity contribution in [3.05, 3.63) is 29.8 Å². The number of para-hydroxylation sites is 1. The lowest BCUT2D eigenvalue weighted by Crippen LogP contribution is -2.47. The minimum atomic E-state index is -0.838. The predicted octanol–water partition coefficient (Wildman–Crippen LogP) is 3.11. The summed E-state index contributed by atoms with van der Waals surface area (Å²) in [6.07, 6.45) is 2.47. The lowest BCUT2D eigenvalue weighted by molar-refractivity contribution is -0.145. The molecule has 0 aromatic heterocycles. The summed E-state index contributed by atoms with van der Waals surface area (Å²) in [5.74, 6) is -0.672. The fourth-order valence-corrected chi connectivity index (χ4v) is 2.95. The normalized spacial score (nSPS) is 18.3. The molecule has 1 amide bonds. The van der Waals surface area contributed by atoms with Crippen LogP contribution < -0.4 is 5.32 Å². The smallest absolute Gasteiger partial charge is 0.320 e. The fraction of sp³-hybridized carbons (Fsp3) is 0.529. The Morgan fingerprint density at radius 2 is 2.00 bits per heavy atom. The first-order valence-corrected chi connectivity index (χ1v) is 7.84. The quantitative estimate of drug-likeness (QED) is 0.864. The summed E-state index contributed by atoms with van der Waals surface area (Å²) in [5, 5.41) is 12.2. The molecule has 1 aromatic carbocycles. The highest BCUT2D eigenvalue weighted by Crippen LogP contribution is 2.24. The first-order valence-electron chi connectivity index (χ1n) is 7.84. The SMILES string of the molecule is CC(C)c1ccccc1NC(=O)CN1CCCCC1C(=O)O.Cl. The van der Waals surface area contributed by atoms with E-state index in [0.29, 0.717) is 18.9 Å². The van der Waals surface area contributed by atoms with Gasteiger partial charge in [0.25, 0.3) is 0 Å². The van der Waals surface area contributed by atoms with Crippen LogP contribution in [0.25, 0.3) is 0 Å². The number of rotatable bonds is 5. The van der Waals surface area contributed by atoms with Crippen LogP contribution >= 0.6 is 12.4 Å². The first kappa shape index (κ1) is 19.5. The molecule has 1 aliphatic heterocycles. The number of carbonyl (C=O) groups excluding carboxylic acids is 1. The van der Waals surface area contributed by atoms with Crippen LogP contribution in [-0.4, -0.2) is 41.0 Å². The highest BCUT2D eigenvalue weighted by molar-refractivity contribution is 5.93. The van der Waals surface area contributed by atoms with Crippen LogP contribution in [0.15, 0.2) is 24.3 Å². The highest BCUT2D eigenvalue weighted by Gasteiger charge is 2.29. The molecule has 1 atom stereocenters. The molecule has 5 nitrogen and oxygen atoms in total. The van der Waals surface area contributed by atoms with Gasteiger partial charge in [0.15, 0.2) is 0 Å². The number of likely N-dealkylation sites (tertiary alicyclic amines) is 1. The topological polar surface area (TPSA) is 69.6 Å². The number of hydrogen-bond acceptors (Lipinski definition) is 3. The van der Waals surface area contributed by atoms with Crippen molar-refractivity contribution in [2.45, 2.75) is 45.1 Å². The second-order valence-corrected chi connectivity index (χ2v) is 6.11. The maximum Gasteiger partial charge on any atom is 0.320 e. The number of carbonyl (C=O) groups is 2. The van der Waals surface area contributed by atoms with E-state index in [4.69, 9.17) is 0 Å². The predicted molar refractivity (Wildman–Crippen MR) is 93.3 cm³/mol. The van der Waals surface area contributed by atoms with Crippen LogP contribution in [0.2, 0.25) is 0 Å². The Morgan fingerprint density at radius 3 is 2.65 bits per heavy atom. The van der Waals surface area contributed by atoms with Crippen LogP contribution in [0.5, 0.6) is 0 Å². The van der Waals surface area contributed by atoms with Gasteiger partial charge >= 0.3 is 5.97 Å². The van der Waals surface area contributed by atoms with Crippen LogP contribution in [0.1, 0.15) is 44.6 Å². The van der Waals surface area contributed by atoms with Crippen molar-refractivity contribution in [1.29, 1.82) is 0 Å². The number of halogens is 1. The number of nitrogens with zero attached hydrogens (tertiary/aromatic N) is 1. The molecule has 1 unspecified atom stereocenters. The van der Waals surface area contributed by atoms with E-state index in [-0.39, 0.29) is 24.9 Å². The lowest BCUT2D eigenvalue weighted by Gasteiger charge is -2.32. The molecular weight excluding hydrogens is 316 g/mol. The van der Waals surface area contributed by atoms with Gasteiger partial charge in [-0.1, -0.05) is 38.5 Å². The van der Waals surface area contributed by atoms with E-state index in [9.17, 15) is 14.7 Å². The van der Waals surface area contributed by atoms with Gasteiger partial charge in [-0.3, -0.25) is 14.5 Å². The zero-order chi connectivity index (χ0) is 16.1. The van der Waals surface area contributed by atoms with E-state index in [1.54, 1.807) is 4.90 Å². The molecule has 2 N–H and O–H groups in total. The number of aliphatic carboxylic acids is 1. The molecule has 1 aromatic rings. The second kappa shape index (κ2) is 8.89. The van der Waals surface area contributed by atoms with Crippen molar-refractivity contribution >= 4 is 30.0 Å². The molecule has 1 aliphatic rings. The number of benzene rings is 1. The summed E-state index contributed by atoms with van der Waals surface area (Å²) in [5.41, 5.74) is 1.90. The fourth-order valence-electron chi connectivity index (χ4n) is 2.95. The average Bonchev–Trinajstić information content (AvgIpc) is 2.47. The van der Waals surface area contributed by atoms with Crippen LogP contribution in [0, 0.1) is 0 Å². The molecule has 1 saturated heterocycles. The number of carboxylic acids is 1. The standard InChI is InChI=1S/C17H24N2O3.ClH/c1-12(2)13-7-3-4-8-14(13)18-16(20)11-19-10-6-5-9-15(19)17(21)22;/h3-4,7-8,12,15H,5-6,9-11H2,1-2H3,(H,18,20)(H,21,22);1H. The van der Waals surface area contributed by atoms with E-state index >= 15 is 0 Å². The van der Waals surface area contributed by atoms with Gasteiger partial charge in [0.05, 0.1) is 6.54 Å². The zero-order valence-electron chi connectivity index (χ0n) is 13.6. The third-order valence-corrected chi connectivity index (χ3v) is 4.10. The van der Waals surface area contributed by atoms with Gasteiger partial charge in [-0.05, 0) is 36.9 Å². The van der Waals surface area contributed by atoms with E-state index < -0.39 is 12.0 Å². The number of carboxylic acid groups (broad SMARTS) is 1. The molecule has 0 bridgehead atoms. The van der Waals surface area contributed by atoms with Crippen molar-refractivity contribution in [2.75, 3.05) is 18.4 Å². The maximum absolute atomic E-state index is 12.3. The molecule has 0 saturated carbocycles. The van der Waals surface area contributed by atoms with Gasteiger partial charge in [-0.15, -0.1) is 12.4 Å². The Hall–Kier alpha value is -1.59. The van der Waals surface area contributed by atoms with Crippen LogP contribution in [0.4, 0.5) is 5.69 Å². The van der Waals surface area contributed by atoms with Crippen molar-refractivity contribution in [1.82, 2.24) is 4.90 Å². The molecule has 0 aliphatic carbocycles. The van der Waals surface area contributed by atoms with Crippen molar-refractivity contribution < 1.29 is 14.7 Å². The van der Waals surface area contributed by atoms with Gasteiger partial charge in [-0.2, -0.15) is 0 Å². The van der Waals surface area contributed by atoms with Crippen LogP contribution in [0.3, 0.4) is 0 Å². The summed E-state index contributed by atoms with van der Waals surface area (Å²) < 4.78 is 0. The zero-order valence-corrected chi connectivity index (χ0v) is 14.4. The minimum Gasteiger partial charge on any atom is -0.480 e. The number of anilines is 1. The Labute approximate surface area is 143 Å². The third kappa shape index (κ3) is 5.22. The third-order valence-electron chi connectivity index (χ3n) is 4.10. The molecule has 23 heavy (non-hydrogen) atoms. The molecule has 2 rings (SSSR count). The van der Waals surface area contributed by atoms with E-state index in [2.05, 4.69) is 19.2 Å². The monoisotopic (exact) mass is 340 g/mol. The summed E-state index contributed by atoms with van der Waals surface area (Å²) in [6.45, 7) is 4.95. The molecule has 128 valence electrons. The van der Waals surface area contributed by atoms with E-state index in [1.807, 2.05) is 24.3 Å². The number of amides is 1. The van der Waals surface area contributed by atoms with Gasteiger partial charge < -0.3 is 10.4 Å². The molecule has 0 radical (unpaired) electrons. The van der Waals surface area contributed by atoms with Crippen molar-refractivity contribution in [2.24, 2.45) is 0 Å². The van der Waals surface area contributed by atoms with Crippen LogP contribution in [-0.2, 0) is 9.59 Å². The summed E-state index contributed by atoms with van der Waals surface area (Å²) >= 11 is 0. The Morgan fingerprint density at radius 1 is 1.30 bits per heavy atom. The minimum absolute atomic E-state index is 0. The van der Waals surface area contributed by atoms with Crippen molar-refractivity contribution in [3.63, 3.8) is 0 Å². The number of piperidine rings is 1. The highest BCUT2D eigenvalue weighted by atomic mass is 35.5. The van der Waals surface area contributed by atoms with E-state index in [0.717, 1.165) is 24.1 Å². The largest absolute Gasteiger partial charge is 0.480 e. The summed E-state index contributed by atoms with van der Waals surface area (Å²) in [6, 6.07) is 7.19. The molecule has 1 heterocycles. The summed E-state index contributed by atoms with van der Waals surface area (Å²) in [7, 11) is 0. The Bertz CT molecular complexity index is 548. The van der Waals surface area contributed by atoms with Gasteiger partial charge in [0.1, 0.15) is 6.04 Å². The Balaban J connectivity index is 0.00000264. The van der Waals surface area contributed by atoms with E-state index in [1.165, 1.54) is 0 Å². The average molecular weight is 341 g/mol. The van der Waals surface area contributed by atoms with Gasteiger partial charge in [0.2, 0.25) is 5.91 Å². The first-order chi connectivity index (χ1) is 10.5. The molecule has 0 spiro atoms. The molecule has 1 fully saturated rings.